The molecule has 9 nitrogen and oxygen atoms in total. The molecule has 0 bridgehead atoms. The molecule has 0 amide bonds. The van der Waals surface area contributed by atoms with Crippen molar-refractivity contribution in [2.75, 3.05) is 44.2 Å². The van der Waals surface area contributed by atoms with Gasteiger partial charge in [0.25, 0.3) is 5.56 Å². The molecule has 0 atom stereocenters. The van der Waals surface area contributed by atoms with Crippen LogP contribution in [-0.2, 0) is 24.3 Å². The predicted molar refractivity (Wildman–Crippen MR) is 123 cm³/mol. The fraction of sp³-hybridized carbons (Fsp3) is 0.375. The zero-order valence-corrected chi connectivity index (χ0v) is 18.4. The van der Waals surface area contributed by atoms with E-state index in [1.165, 1.54) is 4.68 Å². The van der Waals surface area contributed by atoms with Gasteiger partial charge in [0.2, 0.25) is 0 Å². The molecule has 0 N–H and O–H groups in total. The van der Waals surface area contributed by atoms with Crippen LogP contribution < -0.4 is 10.5 Å². The van der Waals surface area contributed by atoms with E-state index in [9.17, 15) is 10.1 Å². The topological polar surface area (TPSA) is 100 Å². The summed E-state index contributed by atoms with van der Waals surface area (Å²) in [4.78, 5) is 25.7. The molecule has 0 radical (unpaired) electrons. The highest BCUT2D eigenvalue weighted by Crippen LogP contribution is 2.25. The molecule has 9 heteroatoms. The van der Waals surface area contributed by atoms with E-state index in [4.69, 9.17) is 9.72 Å². The Morgan fingerprint density at radius 3 is 2.67 bits per heavy atom. The van der Waals surface area contributed by atoms with Gasteiger partial charge in [-0.1, -0.05) is 0 Å². The Bertz CT molecular complexity index is 1230. The Balaban J connectivity index is 1.22. The van der Waals surface area contributed by atoms with Gasteiger partial charge < -0.3 is 9.64 Å². The number of piperazine rings is 1. The van der Waals surface area contributed by atoms with E-state index < -0.39 is 0 Å². The molecule has 5 heterocycles. The largest absolute Gasteiger partial charge is 0.376 e. The maximum absolute atomic E-state index is 12.3. The van der Waals surface area contributed by atoms with Crippen molar-refractivity contribution in [3.05, 3.63) is 69.9 Å². The van der Waals surface area contributed by atoms with Crippen molar-refractivity contribution in [2.45, 2.75) is 19.6 Å². The highest BCUT2D eigenvalue weighted by atomic mass is 16.5. The summed E-state index contributed by atoms with van der Waals surface area (Å²) in [5.41, 5.74) is 4.26. The molecule has 5 rings (SSSR count). The third-order valence-electron chi connectivity index (χ3n) is 6.17. The van der Waals surface area contributed by atoms with Crippen molar-refractivity contribution in [1.29, 1.82) is 5.26 Å². The lowest BCUT2D eigenvalue weighted by atomic mass is 10.1. The summed E-state index contributed by atoms with van der Waals surface area (Å²) in [6.45, 7) is 5.72. The molecule has 168 valence electrons. The normalized spacial score (nSPS) is 16.3. The first-order valence-corrected chi connectivity index (χ1v) is 11.2. The minimum Gasteiger partial charge on any atom is -0.376 e. The SMILES string of the molecule is N#Cc1cc2c(nc1N1CCN(CCn3nc(-c4ccncc4)ccc3=O)CC1)CCOC2. The maximum Gasteiger partial charge on any atom is 0.266 e. The number of aromatic nitrogens is 4. The van der Waals surface area contributed by atoms with Gasteiger partial charge >= 0.3 is 0 Å². The lowest BCUT2D eigenvalue weighted by Crippen LogP contribution is -2.48. The van der Waals surface area contributed by atoms with Crippen molar-refractivity contribution >= 4 is 5.82 Å². The Morgan fingerprint density at radius 1 is 1.06 bits per heavy atom. The number of anilines is 1. The van der Waals surface area contributed by atoms with Crippen LogP contribution in [0.4, 0.5) is 5.82 Å². The molecular weight excluding hydrogens is 418 g/mol. The molecule has 1 saturated heterocycles. The van der Waals surface area contributed by atoms with E-state index in [0.29, 0.717) is 25.3 Å². The van der Waals surface area contributed by atoms with Crippen LogP contribution in [-0.4, -0.2) is 64.0 Å². The Kier molecular flexibility index (Phi) is 6.11. The van der Waals surface area contributed by atoms with E-state index >= 15 is 0 Å². The molecule has 33 heavy (non-hydrogen) atoms. The van der Waals surface area contributed by atoms with Gasteiger partial charge in [0.05, 0.1) is 36.7 Å². The third kappa shape index (κ3) is 4.62. The standard InChI is InChI=1S/C24H25N7O2/c25-16-19-15-20-17-33-14-5-21(20)27-24(19)30-11-8-29(9-12-30)10-13-31-23(32)2-1-22(28-31)18-3-6-26-7-4-18/h1-4,6-7,15H,5,8-14,17H2. The average Bonchev–Trinajstić information content (AvgIpc) is 2.88. The summed E-state index contributed by atoms with van der Waals surface area (Å²) < 4.78 is 7.03. The quantitative estimate of drug-likeness (QED) is 0.584. The second-order valence-corrected chi connectivity index (χ2v) is 8.22. The van der Waals surface area contributed by atoms with Gasteiger partial charge in [0, 0.05) is 68.7 Å². The van der Waals surface area contributed by atoms with Crippen molar-refractivity contribution in [3.63, 3.8) is 0 Å². The number of hydrogen-bond donors (Lipinski definition) is 0. The zero-order valence-electron chi connectivity index (χ0n) is 18.4. The van der Waals surface area contributed by atoms with Gasteiger partial charge in [0.1, 0.15) is 11.9 Å². The summed E-state index contributed by atoms with van der Waals surface area (Å²) in [7, 11) is 0. The Hall–Kier alpha value is -3.61. The molecule has 2 aliphatic heterocycles. The van der Waals surface area contributed by atoms with Crippen molar-refractivity contribution < 1.29 is 4.74 Å². The average molecular weight is 444 g/mol. The fourth-order valence-electron chi connectivity index (χ4n) is 4.30. The minimum atomic E-state index is -0.104. The summed E-state index contributed by atoms with van der Waals surface area (Å²) in [5.74, 6) is 0.778. The number of pyridine rings is 2. The van der Waals surface area contributed by atoms with Crippen molar-refractivity contribution in [1.82, 2.24) is 24.6 Å². The molecule has 0 saturated carbocycles. The van der Waals surface area contributed by atoms with Crippen LogP contribution in [0.2, 0.25) is 0 Å². The molecule has 0 aromatic carbocycles. The summed E-state index contributed by atoms with van der Waals surface area (Å²) in [5, 5.41) is 14.2. The van der Waals surface area contributed by atoms with E-state index in [0.717, 1.165) is 67.5 Å². The Labute approximate surface area is 191 Å². The van der Waals surface area contributed by atoms with E-state index in [-0.39, 0.29) is 5.56 Å². The first-order valence-electron chi connectivity index (χ1n) is 11.2. The van der Waals surface area contributed by atoms with Crippen LogP contribution >= 0.6 is 0 Å². The minimum absolute atomic E-state index is 0.104. The smallest absolute Gasteiger partial charge is 0.266 e. The lowest BCUT2D eigenvalue weighted by Gasteiger charge is -2.36. The number of nitrogens with zero attached hydrogens (tertiary/aromatic N) is 7. The van der Waals surface area contributed by atoms with Crippen molar-refractivity contribution in [3.8, 4) is 17.3 Å². The molecule has 2 aliphatic rings. The molecule has 3 aromatic rings. The molecule has 0 unspecified atom stereocenters. The highest BCUT2D eigenvalue weighted by Gasteiger charge is 2.23. The van der Waals surface area contributed by atoms with Crippen LogP contribution in [0, 0.1) is 11.3 Å². The summed E-state index contributed by atoms with van der Waals surface area (Å²) in [6, 6.07) is 11.3. The number of ether oxygens (including phenoxy) is 1. The lowest BCUT2D eigenvalue weighted by molar-refractivity contribution is 0.109. The zero-order chi connectivity index (χ0) is 22.6. The van der Waals surface area contributed by atoms with Gasteiger partial charge in [-0.05, 0) is 24.3 Å². The van der Waals surface area contributed by atoms with E-state index in [1.54, 1.807) is 24.5 Å². The third-order valence-corrected chi connectivity index (χ3v) is 6.17. The molecule has 1 fully saturated rings. The van der Waals surface area contributed by atoms with Gasteiger partial charge in [-0.15, -0.1) is 0 Å². The number of rotatable bonds is 5. The van der Waals surface area contributed by atoms with Crippen LogP contribution in [0.3, 0.4) is 0 Å². The molecule has 3 aromatic heterocycles. The van der Waals surface area contributed by atoms with Crippen LogP contribution in [0.15, 0.2) is 47.5 Å². The van der Waals surface area contributed by atoms with Crippen molar-refractivity contribution in [2.24, 2.45) is 0 Å². The monoisotopic (exact) mass is 443 g/mol. The number of nitriles is 1. The van der Waals surface area contributed by atoms with Crippen LogP contribution in [0.25, 0.3) is 11.3 Å². The second-order valence-electron chi connectivity index (χ2n) is 8.22. The molecular formula is C24H25N7O2. The Morgan fingerprint density at radius 2 is 1.88 bits per heavy atom. The van der Waals surface area contributed by atoms with Gasteiger partial charge in [-0.2, -0.15) is 10.4 Å². The number of hydrogen-bond acceptors (Lipinski definition) is 8. The van der Waals surface area contributed by atoms with Crippen LogP contribution in [0.1, 0.15) is 16.8 Å². The first-order chi connectivity index (χ1) is 16.2. The van der Waals surface area contributed by atoms with E-state index in [2.05, 4.69) is 26.0 Å². The summed E-state index contributed by atoms with van der Waals surface area (Å²) in [6.07, 6.45) is 4.22. The maximum atomic E-state index is 12.3. The summed E-state index contributed by atoms with van der Waals surface area (Å²) >= 11 is 0. The van der Waals surface area contributed by atoms with Gasteiger partial charge in [-0.3, -0.25) is 14.7 Å². The number of fused-ring (bicyclic) bond motifs is 1. The first kappa shape index (κ1) is 21.2. The molecule has 0 aliphatic carbocycles. The van der Waals surface area contributed by atoms with Gasteiger partial charge in [-0.25, -0.2) is 9.67 Å². The van der Waals surface area contributed by atoms with Crippen LogP contribution in [0.5, 0.6) is 0 Å². The van der Waals surface area contributed by atoms with Gasteiger partial charge in [0.15, 0.2) is 0 Å². The fourth-order valence-corrected chi connectivity index (χ4v) is 4.30. The second kappa shape index (κ2) is 9.48. The highest BCUT2D eigenvalue weighted by molar-refractivity contribution is 5.57. The molecule has 0 spiro atoms. The van der Waals surface area contributed by atoms with E-state index in [1.807, 2.05) is 18.2 Å². The predicted octanol–water partition coefficient (Wildman–Crippen LogP) is 1.47.